The fourth-order valence-corrected chi connectivity index (χ4v) is 4.66. The molecule has 0 aromatic heterocycles. The highest BCUT2D eigenvalue weighted by molar-refractivity contribution is 7.89. The smallest absolute Gasteiger partial charge is 0.322 e. The molecule has 0 aliphatic carbocycles. The lowest BCUT2D eigenvalue weighted by atomic mass is 9.99. The van der Waals surface area contributed by atoms with Gasteiger partial charge < -0.3 is 10.2 Å². The van der Waals surface area contributed by atoms with Gasteiger partial charge in [0, 0.05) is 26.2 Å². The molecule has 6 nitrogen and oxygen atoms in total. The summed E-state index contributed by atoms with van der Waals surface area (Å²) in [5, 5.41) is 2.53. The predicted molar refractivity (Wildman–Crippen MR) is 111 cm³/mol. The number of sulfonamides is 1. The average molecular weight is 420 g/mol. The molecule has 1 saturated heterocycles. The van der Waals surface area contributed by atoms with Crippen LogP contribution in [0.5, 0.6) is 0 Å². The summed E-state index contributed by atoms with van der Waals surface area (Å²) in [6.45, 7) is 5.07. The van der Waals surface area contributed by atoms with Crippen LogP contribution in [-0.4, -0.2) is 49.8 Å². The minimum atomic E-state index is -3.61. The summed E-state index contributed by atoms with van der Waals surface area (Å²) in [6, 6.07) is 12.5. The second-order valence-electron chi connectivity index (χ2n) is 7.18. The zero-order valence-corrected chi connectivity index (χ0v) is 17.5. The van der Waals surface area contributed by atoms with Crippen LogP contribution in [-0.2, 0) is 10.0 Å². The maximum absolute atomic E-state index is 13.7. The molecule has 1 aliphatic rings. The molecule has 8 heteroatoms. The molecule has 1 atom stereocenters. The van der Waals surface area contributed by atoms with Crippen molar-refractivity contribution in [3.8, 4) is 0 Å². The van der Waals surface area contributed by atoms with E-state index in [2.05, 4.69) is 19.2 Å². The number of nitrogens with zero attached hydrogens (tertiary/aromatic N) is 2. The molecule has 1 heterocycles. The van der Waals surface area contributed by atoms with Crippen LogP contribution >= 0.6 is 0 Å². The summed E-state index contributed by atoms with van der Waals surface area (Å²) < 4.78 is 40.9. The third-order valence-corrected chi connectivity index (χ3v) is 7.25. The van der Waals surface area contributed by atoms with E-state index in [1.165, 1.54) is 21.3 Å². The quantitative estimate of drug-likeness (QED) is 0.800. The minimum absolute atomic E-state index is 0.106. The molecule has 0 saturated carbocycles. The lowest BCUT2D eigenvalue weighted by molar-refractivity contribution is 0.184. The topological polar surface area (TPSA) is 69.7 Å². The molecule has 2 amide bonds. The zero-order valence-electron chi connectivity index (χ0n) is 16.6. The zero-order chi connectivity index (χ0) is 21.0. The van der Waals surface area contributed by atoms with Gasteiger partial charge in [0.05, 0.1) is 10.6 Å². The number of amides is 2. The van der Waals surface area contributed by atoms with Gasteiger partial charge in [-0.2, -0.15) is 4.31 Å². The number of hydrogen-bond donors (Lipinski definition) is 1. The molecule has 1 aliphatic heterocycles. The van der Waals surface area contributed by atoms with Crippen LogP contribution in [0, 0.1) is 5.82 Å². The van der Waals surface area contributed by atoms with Crippen molar-refractivity contribution < 1.29 is 17.6 Å². The van der Waals surface area contributed by atoms with Gasteiger partial charge in [0.25, 0.3) is 0 Å². The minimum Gasteiger partial charge on any atom is -0.322 e. The van der Waals surface area contributed by atoms with Crippen molar-refractivity contribution in [3.63, 3.8) is 0 Å². The van der Waals surface area contributed by atoms with Crippen LogP contribution in [0.4, 0.5) is 14.9 Å². The highest BCUT2D eigenvalue weighted by Gasteiger charge is 2.30. The third kappa shape index (κ3) is 4.76. The molecule has 0 spiro atoms. The number of nitrogens with one attached hydrogen (secondary N) is 1. The van der Waals surface area contributed by atoms with E-state index in [0.29, 0.717) is 5.92 Å². The van der Waals surface area contributed by atoms with Gasteiger partial charge >= 0.3 is 6.03 Å². The molecule has 3 rings (SSSR count). The van der Waals surface area contributed by atoms with Gasteiger partial charge in [-0.3, -0.25) is 0 Å². The first-order valence-electron chi connectivity index (χ1n) is 9.73. The molecule has 0 bridgehead atoms. The highest BCUT2D eigenvalue weighted by Crippen LogP contribution is 2.23. The molecule has 1 fully saturated rings. The van der Waals surface area contributed by atoms with Crippen molar-refractivity contribution in [1.29, 1.82) is 0 Å². The van der Waals surface area contributed by atoms with E-state index in [0.717, 1.165) is 12.0 Å². The first-order valence-corrected chi connectivity index (χ1v) is 11.2. The van der Waals surface area contributed by atoms with Crippen LogP contribution in [0.1, 0.15) is 31.7 Å². The number of carbonyl (C=O) groups excluding carboxylic acids is 1. The number of rotatable bonds is 5. The van der Waals surface area contributed by atoms with Crippen molar-refractivity contribution in [2.45, 2.75) is 31.1 Å². The maximum Gasteiger partial charge on any atom is 0.322 e. The van der Waals surface area contributed by atoms with Crippen molar-refractivity contribution in [1.82, 2.24) is 9.21 Å². The number of halogens is 1. The van der Waals surface area contributed by atoms with E-state index in [9.17, 15) is 17.6 Å². The standard InChI is InChI=1S/C21H26FN3O3S/c1-3-16(2)17-8-10-18(11-9-17)29(27,28)25-14-12-24(13-15-25)21(26)23-20-7-5-4-6-19(20)22/h4-11,16H,3,12-15H2,1-2H3,(H,23,26)/t16-/m1/s1. The summed E-state index contributed by atoms with van der Waals surface area (Å²) in [7, 11) is -3.61. The Kier molecular flexibility index (Phi) is 6.54. The molecule has 0 unspecified atom stereocenters. The summed E-state index contributed by atoms with van der Waals surface area (Å²) in [5.74, 6) is -0.133. The van der Waals surface area contributed by atoms with Crippen LogP contribution in [0.15, 0.2) is 53.4 Å². The number of benzene rings is 2. The van der Waals surface area contributed by atoms with Gasteiger partial charge in [0.15, 0.2) is 0 Å². The van der Waals surface area contributed by atoms with E-state index in [4.69, 9.17) is 0 Å². The first kappa shape index (κ1) is 21.3. The molecule has 2 aromatic carbocycles. The largest absolute Gasteiger partial charge is 0.322 e. The van der Waals surface area contributed by atoms with Crippen LogP contribution in [0.2, 0.25) is 0 Å². The number of hydrogen-bond acceptors (Lipinski definition) is 3. The van der Waals surface area contributed by atoms with E-state index < -0.39 is 21.9 Å². The molecule has 0 radical (unpaired) electrons. The summed E-state index contributed by atoms with van der Waals surface area (Å²) in [6.07, 6.45) is 0.989. The van der Waals surface area contributed by atoms with Gasteiger partial charge in [-0.15, -0.1) is 0 Å². The Morgan fingerprint density at radius 1 is 1.07 bits per heavy atom. The monoisotopic (exact) mass is 419 g/mol. The summed E-state index contributed by atoms with van der Waals surface area (Å²) in [4.78, 5) is 14.1. The molecule has 2 aromatic rings. The average Bonchev–Trinajstić information content (AvgIpc) is 2.75. The summed E-state index contributed by atoms with van der Waals surface area (Å²) >= 11 is 0. The van der Waals surface area contributed by atoms with E-state index in [1.54, 1.807) is 24.3 Å². The van der Waals surface area contributed by atoms with Crippen LogP contribution < -0.4 is 5.32 Å². The van der Waals surface area contributed by atoms with E-state index in [1.807, 2.05) is 12.1 Å². The van der Waals surface area contributed by atoms with Crippen LogP contribution in [0.3, 0.4) is 0 Å². The number of urea groups is 1. The van der Waals surface area contributed by atoms with E-state index >= 15 is 0 Å². The predicted octanol–water partition coefficient (Wildman–Crippen LogP) is 3.88. The van der Waals surface area contributed by atoms with Gasteiger partial charge in [0.1, 0.15) is 5.82 Å². The van der Waals surface area contributed by atoms with Gasteiger partial charge in [-0.25, -0.2) is 17.6 Å². The Morgan fingerprint density at radius 3 is 2.28 bits per heavy atom. The van der Waals surface area contributed by atoms with Crippen LogP contribution in [0.25, 0.3) is 0 Å². The van der Waals surface area contributed by atoms with Crippen molar-refractivity contribution in [2.24, 2.45) is 0 Å². The normalized spacial score (nSPS) is 16.4. The number of anilines is 1. The Balaban J connectivity index is 1.62. The SMILES string of the molecule is CC[C@@H](C)c1ccc(S(=O)(=O)N2CCN(C(=O)Nc3ccccc3F)CC2)cc1. The Morgan fingerprint density at radius 2 is 1.69 bits per heavy atom. The first-order chi connectivity index (χ1) is 13.8. The van der Waals surface area contributed by atoms with Crippen molar-refractivity contribution >= 4 is 21.7 Å². The number of carbonyl (C=O) groups is 1. The molecule has 156 valence electrons. The lowest BCUT2D eigenvalue weighted by Crippen LogP contribution is -2.51. The second kappa shape index (κ2) is 8.92. The summed E-state index contributed by atoms with van der Waals surface area (Å²) in [5.41, 5.74) is 1.22. The number of piperazine rings is 1. The van der Waals surface area contributed by atoms with Gasteiger partial charge in [0.2, 0.25) is 10.0 Å². The maximum atomic E-state index is 13.7. The molecule has 29 heavy (non-hydrogen) atoms. The fourth-order valence-electron chi connectivity index (χ4n) is 3.24. The van der Waals surface area contributed by atoms with Gasteiger partial charge in [-0.1, -0.05) is 38.1 Å². The van der Waals surface area contributed by atoms with Crippen molar-refractivity contribution in [3.05, 3.63) is 59.9 Å². The van der Waals surface area contributed by atoms with E-state index in [-0.39, 0.29) is 36.8 Å². The Bertz CT molecular complexity index is 955. The second-order valence-corrected chi connectivity index (χ2v) is 9.12. The van der Waals surface area contributed by atoms with Gasteiger partial charge in [-0.05, 0) is 42.2 Å². The highest BCUT2D eigenvalue weighted by atomic mass is 32.2. The molecular weight excluding hydrogens is 393 g/mol. The molecule has 1 N–H and O–H groups in total. The van der Waals surface area contributed by atoms with Crippen molar-refractivity contribution in [2.75, 3.05) is 31.5 Å². The molecular formula is C21H26FN3O3S. The third-order valence-electron chi connectivity index (χ3n) is 5.34. The lowest BCUT2D eigenvalue weighted by Gasteiger charge is -2.34. The fraction of sp³-hybridized carbons (Fsp3) is 0.381. The Labute approximate surface area is 171 Å². The Hall–Kier alpha value is -2.45. The number of para-hydroxylation sites is 1.